The number of rotatable bonds is 8. The minimum atomic E-state index is -0.750. The third-order valence-corrected chi connectivity index (χ3v) is 7.05. The lowest BCUT2D eigenvalue weighted by Crippen LogP contribution is -2.45. The van der Waals surface area contributed by atoms with Crippen LogP contribution >= 0.6 is 0 Å². The Morgan fingerprint density at radius 1 is 0.900 bits per heavy atom. The maximum Gasteiger partial charge on any atom is 0.258 e. The molecule has 2 aliphatic heterocycles. The highest BCUT2D eigenvalue weighted by Crippen LogP contribution is 2.27. The minimum absolute atomic E-state index is 0.0335. The summed E-state index contributed by atoms with van der Waals surface area (Å²) in [5, 5.41) is 5.95. The largest absolute Gasteiger partial charge is 0.497 e. The quantitative estimate of drug-likeness (QED) is 0.382. The molecule has 0 unspecified atom stereocenters. The highest BCUT2D eigenvalue weighted by Gasteiger charge is 2.30. The van der Waals surface area contributed by atoms with E-state index in [1.165, 1.54) is 14.2 Å². The number of benzene rings is 2. The molecule has 214 valence electrons. The third kappa shape index (κ3) is 7.22. The van der Waals surface area contributed by atoms with E-state index < -0.39 is 11.9 Å². The maximum absolute atomic E-state index is 13.5. The summed E-state index contributed by atoms with van der Waals surface area (Å²) < 4.78 is 15.8. The summed E-state index contributed by atoms with van der Waals surface area (Å²) in [5.41, 5.74) is 0.973. The van der Waals surface area contributed by atoms with Gasteiger partial charge in [0.25, 0.3) is 5.91 Å². The van der Waals surface area contributed by atoms with E-state index in [0.29, 0.717) is 41.5 Å². The number of carbonyl (C=O) groups is 3. The molecule has 2 heterocycles. The molecule has 0 spiro atoms. The lowest BCUT2D eigenvalue weighted by molar-refractivity contribution is -0.140. The second kappa shape index (κ2) is 13.7. The van der Waals surface area contributed by atoms with Gasteiger partial charge in [-0.2, -0.15) is 0 Å². The van der Waals surface area contributed by atoms with Gasteiger partial charge in [0.2, 0.25) is 17.8 Å². The lowest BCUT2D eigenvalue weighted by atomic mass is 10.1. The average molecular weight is 552 g/mol. The molecular weight excluding hydrogens is 514 g/mol. The van der Waals surface area contributed by atoms with E-state index >= 15 is 0 Å². The molecule has 0 aliphatic carbocycles. The monoisotopic (exact) mass is 551 g/mol. The Bertz CT molecular complexity index is 1230. The predicted molar refractivity (Wildman–Crippen MR) is 151 cm³/mol. The second-order valence-electron chi connectivity index (χ2n) is 9.71. The first-order chi connectivity index (χ1) is 19.4. The Labute approximate surface area is 234 Å². The molecule has 3 amide bonds. The van der Waals surface area contributed by atoms with E-state index in [9.17, 15) is 14.4 Å². The summed E-state index contributed by atoms with van der Waals surface area (Å²) in [5.74, 6) is 1.01. The van der Waals surface area contributed by atoms with E-state index in [0.717, 1.165) is 38.8 Å². The number of hydrogen-bond acceptors (Lipinski definition) is 7. The van der Waals surface area contributed by atoms with Crippen LogP contribution in [0, 0.1) is 0 Å². The Kier molecular flexibility index (Phi) is 9.82. The van der Waals surface area contributed by atoms with E-state index in [4.69, 9.17) is 14.2 Å². The van der Waals surface area contributed by atoms with Gasteiger partial charge in [-0.05, 0) is 74.6 Å². The van der Waals surface area contributed by atoms with Crippen molar-refractivity contribution >= 4 is 29.4 Å². The Morgan fingerprint density at radius 2 is 1.60 bits per heavy atom. The molecule has 2 saturated heterocycles. The van der Waals surface area contributed by atoms with E-state index in [-0.39, 0.29) is 24.3 Å². The number of nitrogens with zero attached hydrogens (tertiary/aromatic N) is 3. The topological polar surface area (TPSA) is 122 Å². The van der Waals surface area contributed by atoms with Gasteiger partial charge in [0.05, 0.1) is 27.9 Å². The summed E-state index contributed by atoms with van der Waals surface area (Å²) in [6, 6.07) is 11.2. The fourth-order valence-corrected chi connectivity index (χ4v) is 4.81. The summed E-state index contributed by atoms with van der Waals surface area (Å²) in [6.07, 6.45) is 4.05. The fraction of sp³-hybridized carbons (Fsp3) is 0.448. The number of likely N-dealkylation sites (tertiary alicyclic amines) is 2. The molecule has 1 atom stereocenters. The van der Waals surface area contributed by atoms with Gasteiger partial charge in [-0.25, -0.2) is 4.99 Å². The Morgan fingerprint density at radius 3 is 2.27 bits per heavy atom. The zero-order chi connectivity index (χ0) is 28.5. The molecule has 4 rings (SSSR count). The van der Waals surface area contributed by atoms with Gasteiger partial charge in [0.15, 0.2) is 11.5 Å². The lowest BCUT2D eigenvalue weighted by Gasteiger charge is -2.25. The number of anilines is 1. The predicted octanol–water partition coefficient (Wildman–Crippen LogP) is 2.91. The molecule has 11 nitrogen and oxygen atoms in total. The van der Waals surface area contributed by atoms with Crippen LogP contribution in [-0.4, -0.2) is 87.0 Å². The standard InChI is InChI=1S/C29H37N5O6/c1-38-22-12-10-21(11-13-22)30-29(32-27(36)20-9-14-24(39-2)25(18-20)40-3)31-23-8-4-5-17-34(28(23)37)19-26(35)33-15-6-7-16-33/h9-14,18,23H,4-8,15-17,19H2,1-3H3,(H2,30,31,32,36)/t23-/m0/s1. The zero-order valence-electron chi connectivity index (χ0n) is 23.3. The minimum Gasteiger partial charge on any atom is -0.497 e. The molecule has 2 N–H and O–H groups in total. The van der Waals surface area contributed by atoms with Gasteiger partial charge in [0, 0.05) is 30.9 Å². The molecule has 2 aliphatic rings. The average Bonchev–Trinajstić information content (AvgIpc) is 3.47. The van der Waals surface area contributed by atoms with Crippen LogP contribution in [-0.2, 0) is 9.59 Å². The Balaban J connectivity index is 1.57. The van der Waals surface area contributed by atoms with Crippen LogP contribution in [0.2, 0.25) is 0 Å². The van der Waals surface area contributed by atoms with Gasteiger partial charge < -0.3 is 29.3 Å². The van der Waals surface area contributed by atoms with Crippen molar-refractivity contribution in [2.45, 2.75) is 38.1 Å². The first-order valence-corrected chi connectivity index (χ1v) is 13.5. The van der Waals surface area contributed by atoms with Gasteiger partial charge in [-0.3, -0.25) is 19.7 Å². The molecule has 40 heavy (non-hydrogen) atoms. The molecule has 0 bridgehead atoms. The number of aliphatic imine (C=N–C) groups is 1. The van der Waals surface area contributed by atoms with Gasteiger partial charge in [-0.1, -0.05) is 0 Å². The van der Waals surface area contributed by atoms with Crippen LogP contribution in [0.5, 0.6) is 17.2 Å². The smallest absolute Gasteiger partial charge is 0.258 e. The van der Waals surface area contributed by atoms with Crippen molar-refractivity contribution in [2.75, 3.05) is 52.8 Å². The molecular formula is C29H37N5O6. The van der Waals surface area contributed by atoms with Crippen molar-refractivity contribution in [1.29, 1.82) is 0 Å². The van der Waals surface area contributed by atoms with Gasteiger partial charge >= 0.3 is 0 Å². The molecule has 0 radical (unpaired) electrons. The van der Waals surface area contributed by atoms with Crippen molar-refractivity contribution in [3.63, 3.8) is 0 Å². The summed E-state index contributed by atoms with van der Waals surface area (Å²) in [6.45, 7) is 2.02. The van der Waals surface area contributed by atoms with E-state index in [1.54, 1.807) is 54.5 Å². The van der Waals surface area contributed by atoms with Crippen LogP contribution in [0.25, 0.3) is 0 Å². The van der Waals surface area contributed by atoms with Crippen LogP contribution in [0.1, 0.15) is 42.5 Å². The number of methoxy groups -OCH3 is 3. The summed E-state index contributed by atoms with van der Waals surface area (Å²) >= 11 is 0. The molecule has 2 aromatic rings. The SMILES string of the molecule is COc1ccc(NC(=N[C@H]2CCCCN(CC(=O)N3CCCC3)C2=O)NC(=O)c2ccc(OC)c(OC)c2)cc1. The zero-order valence-corrected chi connectivity index (χ0v) is 23.3. The van der Waals surface area contributed by atoms with Crippen LogP contribution in [0.4, 0.5) is 5.69 Å². The van der Waals surface area contributed by atoms with E-state index in [2.05, 4.69) is 15.6 Å². The number of guanidine groups is 1. The van der Waals surface area contributed by atoms with Crippen molar-refractivity contribution in [2.24, 2.45) is 4.99 Å². The van der Waals surface area contributed by atoms with Crippen molar-refractivity contribution in [3.05, 3.63) is 48.0 Å². The fourth-order valence-electron chi connectivity index (χ4n) is 4.81. The number of hydrogen-bond donors (Lipinski definition) is 2. The van der Waals surface area contributed by atoms with Gasteiger partial charge in [0.1, 0.15) is 11.8 Å². The van der Waals surface area contributed by atoms with Crippen LogP contribution in [0.15, 0.2) is 47.5 Å². The highest BCUT2D eigenvalue weighted by atomic mass is 16.5. The summed E-state index contributed by atoms with van der Waals surface area (Å²) in [7, 11) is 4.60. The highest BCUT2D eigenvalue weighted by molar-refractivity contribution is 6.10. The number of carbonyl (C=O) groups excluding carboxylic acids is 3. The molecule has 11 heteroatoms. The van der Waals surface area contributed by atoms with Gasteiger partial charge in [-0.15, -0.1) is 0 Å². The Hall–Kier alpha value is -4.28. The number of nitrogens with one attached hydrogen (secondary N) is 2. The van der Waals surface area contributed by atoms with E-state index in [1.807, 2.05) is 4.90 Å². The molecule has 0 saturated carbocycles. The second-order valence-corrected chi connectivity index (χ2v) is 9.71. The molecule has 2 aromatic carbocycles. The molecule has 2 fully saturated rings. The first-order valence-electron chi connectivity index (χ1n) is 13.5. The van der Waals surface area contributed by atoms with Crippen LogP contribution in [0.3, 0.4) is 0 Å². The first kappa shape index (κ1) is 28.7. The maximum atomic E-state index is 13.5. The van der Waals surface area contributed by atoms with Crippen molar-refractivity contribution < 1.29 is 28.6 Å². The number of ether oxygens (including phenoxy) is 3. The summed E-state index contributed by atoms with van der Waals surface area (Å²) in [4.78, 5) is 47.7. The van der Waals surface area contributed by atoms with Crippen molar-refractivity contribution in [3.8, 4) is 17.2 Å². The third-order valence-electron chi connectivity index (χ3n) is 7.05. The number of amides is 3. The van der Waals surface area contributed by atoms with Crippen molar-refractivity contribution in [1.82, 2.24) is 15.1 Å². The molecule has 0 aromatic heterocycles. The van der Waals surface area contributed by atoms with Crippen LogP contribution < -0.4 is 24.8 Å². The normalized spacial score (nSPS) is 17.7.